The SMILES string of the molecule is CCNc1cncc(-c2cccnc2)n1. The fourth-order valence-electron chi connectivity index (χ4n) is 1.29. The van der Waals surface area contributed by atoms with Gasteiger partial charge >= 0.3 is 0 Å². The average molecular weight is 200 g/mol. The van der Waals surface area contributed by atoms with E-state index in [1.165, 1.54) is 0 Å². The Morgan fingerprint density at radius 3 is 2.87 bits per heavy atom. The first-order valence-corrected chi connectivity index (χ1v) is 4.86. The Morgan fingerprint density at radius 2 is 2.13 bits per heavy atom. The molecule has 2 aromatic heterocycles. The summed E-state index contributed by atoms with van der Waals surface area (Å²) in [7, 11) is 0. The summed E-state index contributed by atoms with van der Waals surface area (Å²) in [6.07, 6.45) is 6.96. The van der Waals surface area contributed by atoms with Gasteiger partial charge in [0.15, 0.2) is 0 Å². The summed E-state index contributed by atoms with van der Waals surface area (Å²) in [6, 6.07) is 3.85. The van der Waals surface area contributed by atoms with Crippen molar-refractivity contribution < 1.29 is 0 Å². The maximum atomic E-state index is 4.42. The van der Waals surface area contributed by atoms with Crippen molar-refractivity contribution in [1.82, 2.24) is 15.0 Å². The monoisotopic (exact) mass is 200 g/mol. The first kappa shape index (κ1) is 9.58. The summed E-state index contributed by atoms with van der Waals surface area (Å²) < 4.78 is 0. The van der Waals surface area contributed by atoms with Gasteiger partial charge in [0.25, 0.3) is 0 Å². The number of hydrogen-bond acceptors (Lipinski definition) is 4. The Kier molecular flexibility index (Phi) is 2.88. The maximum absolute atomic E-state index is 4.42. The number of nitrogens with one attached hydrogen (secondary N) is 1. The zero-order valence-corrected chi connectivity index (χ0v) is 8.51. The molecule has 0 saturated heterocycles. The molecule has 2 heterocycles. The van der Waals surface area contributed by atoms with Gasteiger partial charge in [-0.25, -0.2) is 4.98 Å². The van der Waals surface area contributed by atoms with E-state index in [2.05, 4.69) is 20.3 Å². The van der Waals surface area contributed by atoms with Gasteiger partial charge in [-0.15, -0.1) is 0 Å². The van der Waals surface area contributed by atoms with Crippen molar-refractivity contribution in [2.45, 2.75) is 6.92 Å². The average Bonchev–Trinajstić information content (AvgIpc) is 2.31. The van der Waals surface area contributed by atoms with E-state index >= 15 is 0 Å². The molecule has 2 rings (SSSR count). The third-order valence-electron chi connectivity index (χ3n) is 1.95. The number of anilines is 1. The normalized spacial score (nSPS) is 9.93. The maximum Gasteiger partial charge on any atom is 0.145 e. The van der Waals surface area contributed by atoms with Crippen molar-refractivity contribution in [3.63, 3.8) is 0 Å². The molecule has 0 radical (unpaired) electrons. The quantitative estimate of drug-likeness (QED) is 0.823. The van der Waals surface area contributed by atoms with Gasteiger partial charge < -0.3 is 5.32 Å². The van der Waals surface area contributed by atoms with Gasteiger partial charge in [0.1, 0.15) is 5.82 Å². The fraction of sp³-hybridized carbons (Fsp3) is 0.182. The summed E-state index contributed by atoms with van der Waals surface area (Å²) in [5.74, 6) is 0.791. The third kappa shape index (κ3) is 2.28. The van der Waals surface area contributed by atoms with Crippen LogP contribution >= 0.6 is 0 Å². The molecule has 0 aliphatic heterocycles. The van der Waals surface area contributed by atoms with Crippen LogP contribution in [0.25, 0.3) is 11.3 Å². The second kappa shape index (κ2) is 4.50. The van der Waals surface area contributed by atoms with Crippen LogP contribution in [0.2, 0.25) is 0 Å². The van der Waals surface area contributed by atoms with Crippen molar-refractivity contribution in [3.8, 4) is 11.3 Å². The minimum atomic E-state index is 0.791. The van der Waals surface area contributed by atoms with Crippen LogP contribution in [0, 0.1) is 0 Å². The Labute approximate surface area is 88.4 Å². The molecule has 0 bridgehead atoms. The Balaban J connectivity index is 2.33. The second-order valence-electron chi connectivity index (χ2n) is 3.06. The van der Waals surface area contributed by atoms with Crippen LogP contribution in [0.1, 0.15) is 6.92 Å². The van der Waals surface area contributed by atoms with Crippen LogP contribution in [0.4, 0.5) is 5.82 Å². The topological polar surface area (TPSA) is 50.7 Å². The molecule has 76 valence electrons. The molecule has 4 nitrogen and oxygen atoms in total. The molecule has 1 N–H and O–H groups in total. The van der Waals surface area contributed by atoms with E-state index < -0.39 is 0 Å². The Hall–Kier alpha value is -1.97. The van der Waals surface area contributed by atoms with E-state index in [1.807, 2.05) is 19.1 Å². The highest BCUT2D eigenvalue weighted by molar-refractivity contribution is 5.58. The summed E-state index contributed by atoms with van der Waals surface area (Å²) >= 11 is 0. The molecule has 4 heteroatoms. The standard InChI is InChI=1S/C11H12N4/c1-2-14-11-8-13-7-10(15-11)9-4-3-5-12-6-9/h3-8H,2H2,1H3,(H,14,15). The first-order valence-electron chi connectivity index (χ1n) is 4.86. The lowest BCUT2D eigenvalue weighted by molar-refractivity contribution is 1.12. The lowest BCUT2D eigenvalue weighted by Gasteiger charge is -2.03. The number of hydrogen-bond donors (Lipinski definition) is 1. The van der Waals surface area contributed by atoms with Crippen LogP contribution in [-0.2, 0) is 0 Å². The molecule has 0 amide bonds. The number of nitrogens with zero attached hydrogens (tertiary/aromatic N) is 3. The van der Waals surface area contributed by atoms with Gasteiger partial charge in [-0.3, -0.25) is 9.97 Å². The van der Waals surface area contributed by atoms with Gasteiger partial charge in [0, 0.05) is 24.5 Å². The van der Waals surface area contributed by atoms with Crippen molar-refractivity contribution in [2.24, 2.45) is 0 Å². The highest BCUT2D eigenvalue weighted by Crippen LogP contribution is 2.15. The highest BCUT2D eigenvalue weighted by Gasteiger charge is 2.00. The van der Waals surface area contributed by atoms with Crippen LogP contribution in [0.15, 0.2) is 36.9 Å². The minimum absolute atomic E-state index is 0.791. The van der Waals surface area contributed by atoms with Crippen LogP contribution in [0.3, 0.4) is 0 Å². The lowest BCUT2D eigenvalue weighted by Crippen LogP contribution is -2.00. The van der Waals surface area contributed by atoms with Crippen molar-refractivity contribution in [2.75, 3.05) is 11.9 Å². The van der Waals surface area contributed by atoms with Crippen LogP contribution < -0.4 is 5.32 Å². The molecule has 2 aromatic rings. The zero-order chi connectivity index (χ0) is 10.5. The Bertz CT molecular complexity index is 428. The summed E-state index contributed by atoms with van der Waals surface area (Å²) in [5, 5.41) is 3.12. The molecule has 15 heavy (non-hydrogen) atoms. The predicted molar refractivity (Wildman–Crippen MR) is 59.4 cm³/mol. The molecule has 0 aromatic carbocycles. The molecular formula is C11H12N4. The van der Waals surface area contributed by atoms with Crippen LogP contribution in [0.5, 0.6) is 0 Å². The molecular weight excluding hydrogens is 188 g/mol. The van der Waals surface area contributed by atoms with Gasteiger partial charge in [-0.2, -0.15) is 0 Å². The molecule has 0 aliphatic carbocycles. The highest BCUT2D eigenvalue weighted by atomic mass is 15.0. The molecule has 0 saturated carbocycles. The number of aromatic nitrogens is 3. The van der Waals surface area contributed by atoms with Gasteiger partial charge in [0.2, 0.25) is 0 Å². The van der Waals surface area contributed by atoms with Crippen molar-refractivity contribution >= 4 is 5.82 Å². The summed E-state index contributed by atoms with van der Waals surface area (Å²) in [6.45, 7) is 2.86. The van der Waals surface area contributed by atoms with Gasteiger partial charge in [-0.05, 0) is 19.1 Å². The largest absolute Gasteiger partial charge is 0.369 e. The van der Waals surface area contributed by atoms with E-state index in [-0.39, 0.29) is 0 Å². The molecule has 0 fully saturated rings. The fourth-order valence-corrected chi connectivity index (χ4v) is 1.29. The summed E-state index contributed by atoms with van der Waals surface area (Å²) in [5.41, 5.74) is 1.81. The number of rotatable bonds is 3. The molecule has 0 atom stereocenters. The van der Waals surface area contributed by atoms with E-state index in [4.69, 9.17) is 0 Å². The van der Waals surface area contributed by atoms with E-state index in [0.717, 1.165) is 23.6 Å². The lowest BCUT2D eigenvalue weighted by atomic mass is 10.2. The van der Waals surface area contributed by atoms with Crippen molar-refractivity contribution in [1.29, 1.82) is 0 Å². The minimum Gasteiger partial charge on any atom is -0.369 e. The zero-order valence-electron chi connectivity index (χ0n) is 8.51. The first-order chi connectivity index (χ1) is 7.40. The predicted octanol–water partition coefficient (Wildman–Crippen LogP) is 1.97. The number of pyridine rings is 1. The van der Waals surface area contributed by atoms with Crippen molar-refractivity contribution in [3.05, 3.63) is 36.9 Å². The smallest absolute Gasteiger partial charge is 0.145 e. The van der Waals surface area contributed by atoms with Gasteiger partial charge in [-0.1, -0.05) is 0 Å². The molecule has 0 unspecified atom stereocenters. The van der Waals surface area contributed by atoms with E-state index in [9.17, 15) is 0 Å². The molecule has 0 spiro atoms. The van der Waals surface area contributed by atoms with E-state index in [0.29, 0.717) is 0 Å². The second-order valence-corrected chi connectivity index (χ2v) is 3.06. The van der Waals surface area contributed by atoms with Gasteiger partial charge in [0.05, 0.1) is 18.1 Å². The third-order valence-corrected chi connectivity index (χ3v) is 1.95. The summed E-state index contributed by atoms with van der Waals surface area (Å²) in [4.78, 5) is 12.6. The molecule has 0 aliphatic rings. The van der Waals surface area contributed by atoms with Crippen LogP contribution in [-0.4, -0.2) is 21.5 Å². The Morgan fingerprint density at radius 1 is 1.20 bits per heavy atom. The van der Waals surface area contributed by atoms with E-state index in [1.54, 1.807) is 24.8 Å².